The van der Waals surface area contributed by atoms with Crippen molar-refractivity contribution < 1.29 is 4.39 Å². The van der Waals surface area contributed by atoms with Gasteiger partial charge >= 0.3 is 0 Å². The third-order valence-electron chi connectivity index (χ3n) is 2.22. The number of hydrogen-bond donors (Lipinski definition) is 1. The number of aromatic nitrogens is 1. The van der Waals surface area contributed by atoms with Gasteiger partial charge in [-0.25, -0.2) is 9.37 Å². The van der Waals surface area contributed by atoms with Crippen LogP contribution >= 0.6 is 11.3 Å². The zero-order valence-corrected chi connectivity index (χ0v) is 10.0. The van der Waals surface area contributed by atoms with Crippen LogP contribution in [0.1, 0.15) is 15.4 Å². The topological polar surface area (TPSA) is 48.7 Å². The van der Waals surface area contributed by atoms with Gasteiger partial charge in [0.15, 0.2) is 0 Å². The second kappa shape index (κ2) is 4.93. The van der Waals surface area contributed by atoms with Crippen LogP contribution in [0.3, 0.4) is 0 Å². The van der Waals surface area contributed by atoms with Crippen LogP contribution in [0.2, 0.25) is 0 Å². The Bertz CT molecular complexity index is 571. The molecule has 0 saturated heterocycles. The Balaban J connectivity index is 2.12. The Kier molecular flexibility index (Phi) is 3.35. The number of nitriles is 1. The molecule has 0 aliphatic heterocycles. The first-order valence-electron chi connectivity index (χ1n) is 5.04. The number of benzene rings is 1. The van der Waals surface area contributed by atoms with Crippen LogP contribution in [0.15, 0.2) is 24.4 Å². The smallest absolute Gasteiger partial charge is 0.124 e. The van der Waals surface area contributed by atoms with Gasteiger partial charge in [-0.15, -0.1) is 11.3 Å². The van der Waals surface area contributed by atoms with Crippen molar-refractivity contribution >= 4 is 17.0 Å². The number of anilines is 1. The van der Waals surface area contributed by atoms with Crippen LogP contribution < -0.4 is 5.32 Å². The SMILES string of the molecule is Cc1ncc(CNc2ccc(F)cc2C#N)s1. The summed E-state index contributed by atoms with van der Waals surface area (Å²) >= 11 is 1.59. The van der Waals surface area contributed by atoms with Crippen molar-refractivity contribution in [2.75, 3.05) is 5.32 Å². The molecule has 0 saturated carbocycles. The summed E-state index contributed by atoms with van der Waals surface area (Å²) < 4.78 is 12.9. The average molecular weight is 247 g/mol. The summed E-state index contributed by atoms with van der Waals surface area (Å²) in [5, 5.41) is 13.0. The zero-order valence-electron chi connectivity index (χ0n) is 9.20. The van der Waals surface area contributed by atoms with Gasteiger partial charge in [0.2, 0.25) is 0 Å². The third kappa shape index (κ3) is 2.80. The van der Waals surface area contributed by atoms with Crippen molar-refractivity contribution in [2.24, 2.45) is 0 Å². The molecule has 0 atom stereocenters. The van der Waals surface area contributed by atoms with E-state index in [1.54, 1.807) is 23.6 Å². The minimum absolute atomic E-state index is 0.311. The largest absolute Gasteiger partial charge is 0.379 e. The van der Waals surface area contributed by atoms with Crippen molar-refractivity contribution in [3.8, 4) is 6.07 Å². The van der Waals surface area contributed by atoms with Crippen LogP contribution in [-0.4, -0.2) is 4.98 Å². The maximum atomic E-state index is 12.9. The van der Waals surface area contributed by atoms with Crippen molar-refractivity contribution in [2.45, 2.75) is 13.5 Å². The predicted octanol–water partition coefficient (Wildman–Crippen LogP) is 3.07. The molecule has 0 radical (unpaired) electrons. The Labute approximate surface area is 103 Å². The van der Waals surface area contributed by atoms with Crippen LogP contribution in [0.25, 0.3) is 0 Å². The fourth-order valence-electron chi connectivity index (χ4n) is 1.43. The van der Waals surface area contributed by atoms with E-state index in [1.165, 1.54) is 12.1 Å². The number of nitrogens with zero attached hydrogens (tertiary/aromatic N) is 2. The molecule has 1 heterocycles. The van der Waals surface area contributed by atoms with E-state index in [0.29, 0.717) is 17.8 Å². The minimum atomic E-state index is -0.402. The van der Waals surface area contributed by atoms with E-state index in [4.69, 9.17) is 5.26 Å². The molecule has 2 rings (SSSR count). The van der Waals surface area contributed by atoms with Crippen molar-refractivity contribution in [1.82, 2.24) is 4.98 Å². The van der Waals surface area contributed by atoms with Gasteiger partial charge in [0.1, 0.15) is 11.9 Å². The molecule has 0 amide bonds. The molecular formula is C12H10FN3S. The fourth-order valence-corrected chi connectivity index (χ4v) is 2.17. The van der Waals surface area contributed by atoms with Gasteiger partial charge in [0.25, 0.3) is 0 Å². The number of aryl methyl sites for hydroxylation is 1. The van der Waals surface area contributed by atoms with E-state index in [0.717, 1.165) is 9.88 Å². The summed E-state index contributed by atoms with van der Waals surface area (Å²) in [6.45, 7) is 2.53. The molecule has 1 aromatic heterocycles. The zero-order chi connectivity index (χ0) is 12.3. The van der Waals surface area contributed by atoms with Gasteiger partial charge in [-0.2, -0.15) is 5.26 Å². The summed E-state index contributed by atoms with van der Waals surface area (Å²) in [7, 11) is 0. The first-order valence-corrected chi connectivity index (χ1v) is 5.85. The lowest BCUT2D eigenvalue weighted by molar-refractivity contribution is 0.627. The normalized spacial score (nSPS) is 9.94. The van der Waals surface area contributed by atoms with Gasteiger partial charge in [0.05, 0.1) is 22.8 Å². The molecular weight excluding hydrogens is 237 g/mol. The molecule has 2 aromatic rings. The van der Waals surface area contributed by atoms with E-state index in [9.17, 15) is 4.39 Å². The Morgan fingerprint density at radius 3 is 3.00 bits per heavy atom. The molecule has 0 unspecified atom stereocenters. The average Bonchev–Trinajstić information content (AvgIpc) is 2.73. The van der Waals surface area contributed by atoms with Gasteiger partial charge in [-0.1, -0.05) is 0 Å². The molecule has 0 aliphatic rings. The van der Waals surface area contributed by atoms with Crippen LogP contribution in [0.4, 0.5) is 10.1 Å². The second-order valence-electron chi connectivity index (χ2n) is 3.50. The third-order valence-corrected chi connectivity index (χ3v) is 3.14. The highest BCUT2D eigenvalue weighted by atomic mass is 32.1. The quantitative estimate of drug-likeness (QED) is 0.906. The number of nitrogens with one attached hydrogen (secondary N) is 1. The van der Waals surface area contributed by atoms with E-state index < -0.39 is 5.82 Å². The number of halogens is 1. The van der Waals surface area contributed by atoms with E-state index in [-0.39, 0.29) is 0 Å². The number of rotatable bonds is 3. The first-order chi connectivity index (χ1) is 8.19. The lowest BCUT2D eigenvalue weighted by Gasteiger charge is -2.06. The highest BCUT2D eigenvalue weighted by molar-refractivity contribution is 7.11. The maximum Gasteiger partial charge on any atom is 0.124 e. The highest BCUT2D eigenvalue weighted by Gasteiger charge is 2.04. The molecule has 1 aromatic carbocycles. The molecule has 86 valence electrons. The summed E-state index contributed by atoms with van der Waals surface area (Å²) in [6.07, 6.45) is 1.79. The lowest BCUT2D eigenvalue weighted by Crippen LogP contribution is -2.00. The highest BCUT2D eigenvalue weighted by Crippen LogP contribution is 2.18. The van der Waals surface area contributed by atoms with Gasteiger partial charge in [0, 0.05) is 11.1 Å². The summed E-state index contributed by atoms with van der Waals surface area (Å²) in [5.41, 5.74) is 0.950. The van der Waals surface area contributed by atoms with Crippen LogP contribution in [-0.2, 0) is 6.54 Å². The Morgan fingerprint density at radius 2 is 2.35 bits per heavy atom. The van der Waals surface area contributed by atoms with Gasteiger partial charge in [-0.3, -0.25) is 0 Å². The fraction of sp³-hybridized carbons (Fsp3) is 0.167. The molecule has 0 aliphatic carbocycles. The molecule has 5 heteroatoms. The molecule has 0 spiro atoms. The summed E-state index contributed by atoms with van der Waals surface area (Å²) in [5.74, 6) is -0.402. The summed E-state index contributed by atoms with van der Waals surface area (Å²) in [4.78, 5) is 5.22. The number of thiazole rings is 1. The molecule has 0 fully saturated rings. The van der Waals surface area contributed by atoms with Crippen molar-refractivity contribution in [3.05, 3.63) is 45.7 Å². The standard InChI is InChI=1S/C12H10FN3S/c1-8-15-6-11(17-8)7-16-12-3-2-10(13)4-9(12)5-14/h2-4,6,16H,7H2,1H3. The molecule has 1 N–H and O–H groups in total. The van der Waals surface area contributed by atoms with Gasteiger partial charge < -0.3 is 5.32 Å². The predicted molar refractivity (Wildman–Crippen MR) is 65.3 cm³/mol. The maximum absolute atomic E-state index is 12.9. The summed E-state index contributed by atoms with van der Waals surface area (Å²) in [6, 6.07) is 6.09. The molecule has 17 heavy (non-hydrogen) atoms. The lowest BCUT2D eigenvalue weighted by atomic mass is 10.2. The Morgan fingerprint density at radius 1 is 1.53 bits per heavy atom. The van der Waals surface area contributed by atoms with Crippen LogP contribution in [0.5, 0.6) is 0 Å². The molecule has 0 bridgehead atoms. The van der Waals surface area contributed by atoms with Crippen LogP contribution in [0, 0.1) is 24.1 Å². The van der Waals surface area contributed by atoms with Gasteiger partial charge in [-0.05, 0) is 25.1 Å². The molecule has 3 nitrogen and oxygen atoms in total. The Hall–Kier alpha value is -1.93. The first kappa shape index (κ1) is 11.6. The van der Waals surface area contributed by atoms with E-state index >= 15 is 0 Å². The second-order valence-corrected chi connectivity index (χ2v) is 4.82. The minimum Gasteiger partial charge on any atom is -0.379 e. The number of hydrogen-bond acceptors (Lipinski definition) is 4. The van der Waals surface area contributed by atoms with Crippen molar-refractivity contribution in [1.29, 1.82) is 5.26 Å². The van der Waals surface area contributed by atoms with E-state index in [1.807, 2.05) is 13.0 Å². The van der Waals surface area contributed by atoms with E-state index in [2.05, 4.69) is 10.3 Å². The van der Waals surface area contributed by atoms with Crippen molar-refractivity contribution in [3.63, 3.8) is 0 Å². The monoisotopic (exact) mass is 247 g/mol.